The van der Waals surface area contributed by atoms with E-state index in [4.69, 9.17) is 9.47 Å². The molecule has 0 spiro atoms. The number of allylic oxidation sites excluding steroid dienone is 2. The zero-order valence-electron chi connectivity index (χ0n) is 18.6. The molecule has 1 heterocycles. The lowest BCUT2D eigenvalue weighted by molar-refractivity contribution is -0.274. The maximum absolute atomic E-state index is 13.9. The molecule has 184 valence electrons. The molecule has 1 atom stereocenters. The third-order valence-electron chi connectivity index (χ3n) is 5.48. The van der Waals surface area contributed by atoms with Gasteiger partial charge >= 0.3 is 6.36 Å². The van der Waals surface area contributed by atoms with E-state index >= 15 is 0 Å². The Kier molecular flexibility index (Phi) is 7.67. The van der Waals surface area contributed by atoms with Crippen LogP contribution in [-0.4, -0.2) is 36.4 Å². The minimum Gasteiger partial charge on any atom is -0.406 e. The number of alkyl halides is 3. The monoisotopic (exact) mass is 489 g/mol. The molecule has 9 heteroatoms. The quantitative estimate of drug-likeness (QED) is 0.203. The summed E-state index contributed by atoms with van der Waals surface area (Å²) in [5.41, 5.74) is 2.31. The second-order valence-electron chi connectivity index (χ2n) is 8.01. The van der Waals surface area contributed by atoms with Crippen molar-refractivity contribution in [1.29, 1.82) is 0 Å². The molecule has 35 heavy (non-hydrogen) atoms. The SMILES string of the molecule is O=C(CC1=CC=C(F)CC1OCCOCc1ccccc1)c1c[nH]c2ccc(OC(F)(F)F)cc12. The van der Waals surface area contributed by atoms with Crippen LogP contribution in [0.1, 0.15) is 28.8 Å². The molecule has 0 saturated heterocycles. The highest BCUT2D eigenvalue weighted by molar-refractivity contribution is 6.09. The molecule has 4 rings (SSSR count). The van der Waals surface area contributed by atoms with E-state index < -0.39 is 18.2 Å². The molecule has 0 amide bonds. The van der Waals surface area contributed by atoms with Gasteiger partial charge in [0.25, 0.3) is 0 Å². The number of rotatable bonds is 10. The van der Waals surface area contributed by atoms with Gasteiger partial charge in [0.1, 0.15) is 11.6 Å². The van der Waals surface area contributed by atoms with Crippen LogP contribution in [0.3, 0.4) is 0 Å². The molecule has 0 aliphatic heterocycles. The number of hydrogen-bond acceptors (Lipinski definition) is 4. The van der Waals surface area contributed by atoms with Gasteiger partial charge in [-0.1, -0.05) is 36.4 Å². The smallest absolute Gasteiger partial charge is 0.406 e. The van der Waals surface area contributed by atoms with Gasteiger partial charge in [0.15, 0.2) is 5.78 Å². The summed E-state index contributed by atoms with van der Waals surface area (Å²) in [6.45, 7) is 0.925. The van der Waals surface area contributed by atoms with Crippen molar-refractivity contribution in [3.8, 4) is 5.75 Å². The standard InChI is InChI=1S/C26H23F4NO4/c27-19-7-6-18(25(13-19)34-11-10-33-16-17-4-2-1-3-5-17)12-24(32)22-15-31-23-9-8-20(14-21(22)23)35-26(28,29)30/h1-9,14-15,25,31H,10-13,16H2. The number of nitrogens with one attached hydrogen (secondary N) is 1. The summed E-state index contributed by atoms with van der Waals surface area (Å²) in [7, 11) is 0. The molecule has 2 aromatic carbocycles. The number of benzene rings is 2. The molecule has 1 N–H and O–H groups in total. The largest absolute Gasteiger partial charge is 0.573 e. The molecule has 1 aliphatic carbocycles. The summed E-state index contributed by atoms with van der Waals surface area (Å²) in [5, 5.41) is 0.307. The minimum atomic E-state index is -4.84. The number of ether oxygens (including phenoxy) is 3. The Morgan fingerprint density at radius 1 is 1.06 bits per heavy atom. The van der Waals surface area contributed by atoms with E-state index in [0.29, 0.717) is 29.7 Å². The molecule has 0 saturated carbocycles. The van der Waals surface area contributed by atoms with Crippen LogP contribution in [0.25, 0.3) is 10.9 Å². The predicted molar refractivity (Wildman–Crippen MR) is 122 cm³/mol. The molecular formula is C26H23F4NO4. The maximum Gasteiger partial charge on any atom is 0.573 e. The number of carbonyl (C=O) groups is 1. The fraction of sp³-hybridized carbons (Fsp3) is 0.269. The van der Waals surface area contributed by atoms with Gasteiger partial charge in [0.05, 0.1) is 25.9 Å². The topological polar surface area (TPSA) is 60.5 Å². The van der Waals surface area contributed by atoms with Gasteiger partial charge < -0.3 is 19.2 Å². The van der Waals surface area contributed by atoms with Crippen molar-refractivity contribution in [2.75, 3.05) is 13.2 Å². The molecule has 3 aromatic rings. The lowest BCUT2D eigenvalue weighted by Crippen LogP contribution is -2.22. The van der Waals surface area contributed by atoms with Crippen LogP contribution in [0, 0.1) is 0 Å². The number of halogens is 4. The van der Waals surface area contributed by atoms with Crippen LogP contribution in [-0.2, 0) is 16.1 Å². The molecule has 0 fully saturated rings. The first-order valence-corrected chi connectivity index (χ1v) is 11.0. The second-order valence-corrected chi connectivity index (χ2v) is 8.01. The van der Waals surface area contributed by atoms with Gasteiger partial charge in [-0.25, -0.2) is 4.39 Å². The first-order chi connectivity index (χ1) is 16.8. The molecular weight excluding hydrogens is 466 g/mol. The Bertz CT molecular complexity index is 1230. The number of carbonyl (C=O) groups excluding carboxylic acids is 1. The van der Waals surface area contributed by atoms with Gasteiger partial charge in [0, 0.05) is 35.5 Å². The van der Waals surface area contributed by atoms with Crippen LogP contribution in [0.15, 0.2) is 78.3 Å². The first-order valence-electron chi connectivity index (χ1n) is 11.0. The summed E-state index contributed by atoms with van der Waals surface area (Å²) in [5.74, 6) is -1.12. The van der Waals surface area contributed by atoms with E-state index in [0.717, 1.165) is 5.56 Å². The normalized spacial score (nSPS) is 16.2. The van der Waals surface area contributed by atoms with Crippen molar-refractivity contribution in [3.63, 3.8) is 0 Å². The van der Waals surface area contributed by atoms with E-state index in [9.17, 15) is 22.4 Å². The van der Waals surface area contributed by atoms with Crippen LogP contribution in [0.4, 0.5) is 17.6 Å². The number of hydrogen-bond donors (Lipinski definition) is 1. The molecule has 1 aromatic heterocycles. The van der Waals surface area contributed by atoms with E-state index in [1.807, 2.05) is 30.3 Å². The summed E-state index contributed by atoms with van der Waals surface area (Å²) >= 11 is 0. The van der Waals surface area contributed by atoms with E-state index in [1.54, 1.807) is 0 Å². The van der Waals surface area contributed by atoms with Gasteiger partial charge in [-0.15, -0.1) is 13.2 Å². The fourth-order valence-corrected chi connectivity index (χ4v) is 3.84. The average molecular weight is 489 g/mol. The molecule has 0 bridgehead atoms. The van der Waals surface area contributed by atoms with E-state index in [2.05, 4.69) is 9.72 Å². The lowest BCUT2D eigenvalue weighted by Gasteiger charge is -2.23. The Morgan fingerprint density at radius 2 is 1.86 bits per heavy atom. The van der Waals surface area contributed by atoms with E-state index in [1.165, 1.54) is 36.5 Å². The summed E-state index contributed by atoms with van der Waals surface area (Å²) < 4.78 is 67.0. The number of aromatic amines is 1. The van der Waals surface area contributed by atoms with Crippen molar-refractivity contribution in [2.24, 2.45) is 0 Å². The molecule has 0 radical (unpaired) electrons. The zero-order valence-corrected chi connectivity index (χ0v) is 18.6. The highest BCUT2D eigenvalue weighted by atomic mass is 19.4. The third kappa shape index (κ3) is 6.80. The van der Waals surface area contributed by atoms with Crippen LogP contribution >= 0.6 is 0 Å². The highest BCUT2D eigenvalue weighted by Gasteiger charge is 2.31. The summed E-state index contributed by atoms with van der Waals surface area (Å²) in [6.07, 6.45) is -1.31. The number of fused-ring (bicyclic) bond motifs is 1. The molecule has 1 unspecified atom stereocenters. The first kappa shape index (κ1) is 24.7. The van der Waals surface area contributed by atoms with Gasteiger partial charge in [-0.05, 0) is 35.4 Å². The number of Topliss-reactive ketones (excluding diaryl/α,β-unsaturated/α-hetero) is 1. The van der Waals surface area contributed by atoms with Gasteiger partial charge in [-0.2, -0.15) is 0 Å². The van der Waals surface area contributed by atoms with Crippen molar-refractivity contribution < 1.29 is 36.6 Å². The van der Waals surface area contributed by atoms with Crippen LogP contribution in [0.5, 0.6) is 5.75 Å². The van der Waals surface area contributed by atoms with Crippen molar-refractivity contribution in [2.45, 2.75) is 31.9 Å². The molecule has 1 aliphatic rings. The van der Waals surface area contributed by atoms with Crippen LogP contribution in [0.2, 0.25) is 0 Å². The summed E-state index contributed by atoms with van der Waals surface area (Å²) in [4.78, 5) is 15.9. The van der Waals surface area contributed by atoms with E-state index in [-0.39, 0.29) is 36.6 Å². The van der Waals surface area contributed by atoms with Gasteiger partial charge in [-0.3, -0.25) is 4.79 Å². The number of aromatic nitrogens is 1. The predicted octanol–water partition coefficient (Wildman–Crippen LogP) is 6.42. The Labute approximate surface area is 199 Å². The number of ketones is 1. The Balaban J connectivity index is 1.38. The lowest BCUT2D eigenvalue weighted by atomic mass is 9.93. The molecule has 5 nitrogen and oxygen atoms in total. The zero-order chi connectivity index (χ0) is 24.8. The Morgan fingerprint density at radius 3 is 2.63 bits per heavy atom. The number of H-pyrrole nitrogens is 1. The Hall–Kier alpha value is -3.43. The van der Waals surface area contributed by atoms with Crippen molar-refractivity contribution >= 4 is 16.7 Å². The van der Waals surface area contributed by atoms with Crippen LogP contribution < -0.4 is 4.74 Å². The second kappa shape index (κ2) is 10.9. The fourth-order valence-electron chi connectivity index (χ4n) is 3.84. The average Bonchev–Trinajstić information content (AvgIpc) is 3.23. The van der Waals surface area contributed by atoms with Crippen molar-refractivity contribution in [1.82, 2.24) is 4.98 Å². The maximum atomic E-state index is 13.9. The minimum absolute atomic E-state index is 0.00471. The third-order valence-corrected chi connectivity index (χ3v) is 5.48. The highest BCUT2D eigenvalue weighted by Crippen LogP contribution is 2.31. The summed E-state index contributed by atoms with van der Waals surface area (Å²) in [6, 6.07) is 13.4. The van der Waals surface area contributed by atoms with Crippen molar-refractivity contribution in [3.05, 3.63) is 89.4 Å². The van der Waals surface area contributed by atoms with Gasteiger partial charge in [0.2, 0.25) is 0 Å².